The van der Waals surface area contributed by atoms with Gasteiger partial charge >= 0.3 is 0 Å². The molecular formula is C93H91F4N21O6. The summed E-state index contributed by atoms with van der Waals surface area (Å²) in [6, 6.07) is 32.1. The van der Waals surface area contributed by atoms with E-state index in [2.05, 4.69) is 123 Å². The number of amides is 2. The van der Waals surface area contributed by atoms with Gasteiger partial charge in [-0.15, -0.1) is 0 Å². The van der Waals surface area contributed by atoms with Crippen LogP contribution in [-0.4, -0.2) is 174 Å². The molecule has 6 atom stereocenters. The predicted octanol–water partition coefficient (Wildman–Crippen LogP) is 15.8. The van der Waals surface area contributed by atoms with E-state index in [0.29, 0.717) is 131 Å². The molecule has 632 valence electrons. The van der Waals surface area contributed by atoms with Crippen LogP contribution < -0.4 is 49.2 Å². The van der Waals surface area contributed by atoms with Gasteiger partial charge in [-0.1, -0.05) is 41.5 Å². The fourth-order valence-corrected chi connectivity index (χ4v) is 19.7. The Balaban J connectivity index is 0.000000109. The summed E-state index contributed by atoms with van der Waals surface area (Å²) in [6.45, 7) is 27.6. The zero-order valence-electron chi connectivity index (χ0n) is 70.6. The van der Waals surface area contributed by atoms with E-state index in [0.717, 1.165) is 185 Å². The molecular weight excluding hydrogens is 1580 g/mol. The first-order valence-electron chi connectivity index (χ1n) is 42.1. The second-order valence-electron chi connectivity index (χ2n) is 34.5. The minimum absolute atomic E-state index is 0.177. The van der Waals surface area contributed by atoms with Crippen LogP contribution in [0, 0.1) is 95.3 Å². The molecule has 0 spiro atoms. The van der Waals surface area contributed by atoms with Crippen molar-refractivity contribution in [2.45, 2.75) is 81.1 Å². The Bertz CT molecular complexity index is 7190. The minimum atomic E-state index is -0.979. The highest BCUT2D eigenvalue weighted by molar-refractivity contribution is 6.10. The van der Waals surface area contributed by atoms with Crippen LogP contribution in [0.4, 0.5) is 40.3 Å². The number of aryl methyl sites for hydroxylation is 2. The summed E-state index contributed by atoms with van der Waals surface area (Å²) >= 11 is 0. The molecule has 4 aromatic carbocycles. The number of nitrogens with zero attached hydrogens (tertiary/aromatic N) is 19. The van der Waals surface area contributed by atoms with Gasteiger partial charge in [0, 0.05) is 190 Å². The third kappa shape index (κ3) is 14.1. The number of ether oxygens (including phenoxy) is 4. The summed E-state index contributed by atoms with van der Waals surface area (Å²) in [5.41, 5.74) is 16.8. The van der Waals surface area contributed by atoms with Crippen LogP contribution in [0.1, 0.15) is 110 Å². The number of likely N-dealkylation sites (N-methyl/N-ethyl adjacent to an activating group) is 1. The molecule has 2 amide bonds. The van der Waals surface area contributed by atoms with Gasteiger partial charge < -0.3 is 54.1 Å². The van der Waals surface area contributed by atoms with Crippen LogP contribution in [0.3, 0.4) is 0 Å². The van der Waals surface area contributed by atoms with Crippen molar-refractivity contribution in [3.8, 4) is 35.1 Å². The summed E-state index contributed by atoms with van der Waals surface area (Å²) < 4.78 is 85.4. The van der Waals surface area contributed by atoms with E-state index in [9.17, 15) is 37.7 Å². The molecule has 16 aromatic rings. The van der Waals surface area contributed by atoms with Crippen molar-refractivity contribution in [1.29, 1.82) is 10.5 Å². The summed E-state index contributed by atoms with van der Waals surface area (Å²) in [5, 5.41) is 28.5. The third-order valence-corrected chi connectivity index (χ3v) is 24.7. The first kappa shape index (κ1) is 80.1. The van der Waals surface area contributed by atoms with Crippen LogP contribution in [0.25, 0.3) is 111 Å². The van der Waals surface area contributed by atoms with Crippen molar-refractivity contribution in [3.63, 3.8) is 0 Å². The number of aromatic nitrogens is 12. The Morgan fingerprint density at radius 3 is 1.15 bits per heavy atom. The highest BCUT2D eigenvalue weighted by atomic mass is 19.2. The molecule has 22 rings (SSSR count). The van der Waals surface area contributed by atoms with Crippen LogP contribution >= 0.6 is 0 Å². The number of piperidine rings is 3. The Morgan fingerprint density at radius 2 is 0.742 bits per heavy atom. The number of rotatable bonds is 6. The highest BCUT2D eigenvalue weighted by Crippen LogP contribution is 2.44. The number of hydrogen-bond donors (Lipinski definition) is 2. The van der Waals surface area contributed by atoms with Crippen molar-refractivity contribution >= 4 is 145 Å². The number of carbonyl (C=O) groups is 2. The molecule has 6 aliphatic rings. The Kier molecular flexibility index (Phi) is 20.4. The van der Waals surface area contributed by atoms with Gasteiger partial charge in [-0.25, -0.2) is 57.4 Å². The number of carbonyl (C=O) groups excluding carboxylic acids is 2. The van der Waals surface area contributed by atoms with Gasteiger partial charge in [0.25, 0.3) is 11.8 Å². The number of fused-ring (bicyclic) bond motifs is 22. The molecule has 4 fully saturated rings. The molecule has 0 radical (unpaired) electrons. The monoisotopic (exact) mass is 1670 g/mol. The molecule has 12 aromatic heterocycles. The van der Waals surface area contributed by atoms with Gasteiger partial charge in [0.15, 0.2) is 68.9 Å². The smallest absolute Gasteiger partial charge is 0.254 e. The maximum atomic E-state index is 14.2. The van der Waals surface area contributed by atoms with Crippen molar-refractivity contribution in [2.24, 2.45) is 35.5 Å². The molecule has 31 heteroatoms. The van der Waals surface area contributed by atoms with Gasteiger partial charge in [-0.3, -0.25) is 27.2 Å². The number of imidazole rings is 4. The number of benzene rings is 4. The largest absolute Gasteiger partial charge is 0.454 e. The maximum Gasteiger partial charge on any atom is 0.254 e. The number of nitrogens with one attached hydrogen (secondary N) is 2. The van der Waals surface area contributed by atoms with E-state index in [1.165, 1.54) is 19.3 Å². The molecule has 2 N–H and O–H groups in total. The molecule has 6 aliphatic heterocycles. The van der Waals surface area contributed by atoms with Crippen LogP contribution in [0.15, 0.2) is 109 Å². The molecule has 18 heterocycles. The lowest BCUT2D eigenvalue weighted by Gasteiger charge is -2.37. The van der Waals surface area contributed by atoms with Gasteiger partial charge in [0.1, 0.15) is 34.7 Å². The van der Waals surface area contributed by atoms with E-state index in [1.807, 2.05) is 77.4 Å². The van der Waals surface area contributed by atoms with E-state index in [-0.39, 0.29) is 30.9 Å². The van der Waals surface area contributed by atoms with Crippen molar-refractivity contribution in [2.75, 3.05) is 120 Å². The SMILES string of the molecule is CN1CCCN(c2ccnc3c2cc(C#N)c2nc4cc5c(cc4n23)OCO5)CC1.CNC(=O)c1cc2c(N3C[C@H](C)C[C@H](C)C3)cc(C)nc2n2c1nc1cc(F)c(F)cc12.CNC(=O)c1cc2c(N3C[C@H](C)C[C@H](C)C3)cc(C)nc2n2c1nc1cc3c(cc12)OCO3.C[C@@H]1C[C@H](C)CN(c2ccnc3c2cc(C#N)c2nc4cc(F)c(F)cc4n23)C1. The van der Waals surface area contributed by atoms with E-state index >= 15 is 0 Å². The summed E-state index contributed by atoms with van der Waals surface area (Å²) in [5.74, 6) is 1.75. The molecule has 0 aliphatic carbocycles. The Morgan fingerprint density at radius 1 is 0.395 bits per heavy atom. The van der Waals surface area contributed by atoms with Crippen molar-refractivity contribution in [3.05, 3.63) is 166 Å². The zero-order valence-corrected chi connectivity index (χ0v) is 70.6. The predicted molar refractivity (Wildman–Crippen MR) is 470 cm³/mol. The van der Waals surface area contributed by atoms with Crippen molar-refractivity contribution < 1.29 is 46.1 Å². The van der Waals surface area contributed by atoms with Crippen LogP contribution in [0.5, 0.6) is 23.0 Å². The number of anilines is 4. The first-order chi connectivity index (χ1) is 59.9. The quantitative estimate of drug-likeness (QED) is 0.146. The van der Waals surface area contributed by atoms with E-state index in [4.69, 9.17) is 43.9 Å². The number of nitriles is 2. The number of halogens is 4. The lowest BCUT2D eigenvalue weighted by molar-refractivity contribution is 0.0956. The van der Waals surface area contributed by atoms with Crippen molar-refractivity contribution in [1.82, 2.24) is 73.0 Å². The summed E-state index contributed by atoms with van der Waals surface area (Å²) in [4.78, 5) is 74.9. The average Bonchev–Trinajstić information content (AvgIpc) is 1.57. The molecule has 124 heavy (non-hydrogen) atoms. The third-order valence-electron chi connectivity index (χ3n) is 24.7. The lowest BCUT2D eigenvalue weighted by atomic mass is 9.91. The minimum Gasteiger partial charge on any atom is -0.454 e. The second kappa shape index (κ2) is 31.6. The summed E-state index contributed by atoms with van der Waals surface area (Å²) in [7, 11) is 5.35. The first-order valence-corrected chi connectivity index (χ1v) is 42.1. The Labute approximate surface area is 709 Å². The molecule has 27 nitrogen and oxygen atoms in total. The number of hydrogen-bond acceptors (Lipinski definition) is 21. The molecule has 0 saturated carbocycles. The highest BCUT2D eigenvalue weighted by Gasteiger charge is 2.33. The van der Waals surface area contributed by atoms with Gasteiger partial charge in [-0.2, -0.15) is 10.5 Å². The van der Waals surface area contributed by atoms with E-state index < -0.39 is 23.3 Å². The topological polar surface area (TPSA) is 280 Å². The zero-order chi connectivity index (χ0) is 86.1. The molecule has 0 bridgehead atoms. The fourth-order valence-electron chi connectivity index (χ4n) is 19.7. The van der Waals surface area contributed by atoms with Gasteiger partial charge in [-0.05, 0) is 137 Å². The Hall–Kier alpha value is -13.7. The standard InChI is InChI=1S/C25H27N5O3.C24H25F2N5O.C22H19F2N5.C22H20N6O2/c1-13-5-14(2)11-29(10-13)19-6-15(3)27-23-16(19)7-17(25(31)26-4)24-28-18-8-21-22(33-12-32-21)9-20(18)30(23)24;1-12-5-13(2)11-30(10-12)20-6-14(3)28-22-15(20)7-16(24(32)27-4)23-29-19-8-17(25)18(26)9-21(19)31(22)23;1-12-5-13(2)11-28(10-12)19-3-4-26-22-15(19)6-14(9-25)21-27-18-7-16(23)17(24)8-20(18)29(21)22;1-26-5-2-6-27(8-7-26)17-3-4-24-22-15(17)9-14(12-23)21-25-16-10-19-20(30-13-29-19)11-18(16)28(21)22/h6-9,13-14H,5,10-12H2,1-4H3,(H,26,31);6-9,12-13H,5,10-11H2,1-4H3,(H,27,32);3-4,6-8,12-13H,5,10-11H2,1-2H3;3-4,9-11H,2,5-8,13H2,1H3/t13-,14+;2*12-,13+;. The van der Waals surface area contributed by atoms with Gasteiger partial charge in [0.2, 0.25) is 13.6 Å². The molecule has 0 unspecified atom stereocenters. The fraction of sp³-hybridized carbons (Fsp3) is 0.355. The molecule has 4 saturated heterocycles. The average molecular weight is 1670 g/mol. The normalized spacial score (nSPS) is 19.1. The van der Waals surface area contributed by atoms with E-state index in [1.54, 1.807) is 41.2 Å². The number of pyridine rings is 8. The second-order valence-corrected chi connectivity index (χ2v) is 34.5. The van der Waals surface area contributed by atoms with Crippen LogP contribution in [-0.2, 0) is 0 Å². The van der Waals surface area contributed by atoms with Crippen LogP contribution in [0.2, 0.25) is 0 Å². The lowest BCUT2D eigenvalue weighted by Crippen LogP contribution is -2.39. The maximum absolute atomic E-state index is 14.2. The summed E-state index contributed by atoms with van der Waals surface area (Å²) in [6.07, 6.45) is 8.25. The van der Waals surface area contributed by atoms with Gasteiger partial charge in [0.05, 0.1) is 66.4 Å².